The molecular formula is C28H36F3N5O4. The van der Waals surface area contributed by atoms with Crippen LogP contribution in [0.25, 0.3) is 0 Å². The molecule has 0 spiro atoms. The molecule has 1 saturated carbocycles. The smallest absolute Gasteiger partial charge is 0.423 e. The first-order valence-corrected chi connectivity index (χ1v) is 13.5. The van der Waals surface area contributed by atoms with Gasteiger partial charge in [-0.15, -0.1) is 0 Å². The first kappa shape index (κ1) is 29.4. The molecule has 218 valence electrons. The summed E-state index contributed by atoms with van der Waals surface area (Å²) in [6.45, 7) is 8.95. The van der Waals surface area contributed by atoms with E-state index in [0.29, 0.717) is 50.9 Å². The van der Waals surface area contributed by atoms with Crippen molar-refractivity contribution in [3.05, 3.63) is 52.3 Å². The van der Waals surface area contributed by atoms with Crippen LogP contribution in [0.1, 0.15) is 58.4 Å². The van der Waals surface area contributed by atoms with E-state index in [1.54, 1.807) is 12.4 Å². The average Bonchev–Trinajstić information content (AvgIpc) is 2.88. The number of benzene rings is 1. The Morgan fingerprint density at radius 2 is 1.75 bits per heavy atom. The summed E-state index contributed by atoms with van der Waals surface area (Å²) >= 11 is 0. The second-order valence-corrected chi connectivity index (χ2v) is 11.7. The Hall–Kier alpha value is -3.57. The van der Waals surface area contributed by atoms with Gasteiger partial charge in [0.05, 0.1) is 29.1 Å². The predicted octanol–water partition coefficient (Wildman–Crippen LogP) is 5.90. The highest BCUT2D eigenvalue weighted by Gasteiger charge is 2.38. The SMILES string of the molecule is CC(C)(C)CC(=O)N1CCN(c2cncc(OC3CCC(Nc4ccc([N+](=O)[O-])c(C(F)(F)F)c4)CC3)c2)CC1. The lowest BCUT2D eigenvalue weighted by molar-refractivity contribution is -0.388. The summed E-state index contributed by atoms with van der Waals surface area (Å²) < 4.78 is 46.1. The normalized spacial score (nSPS) is 20.2. The largest absolute Gasteiger partial charge is 0.489 e. The van der Waals surface area contributed by atoms with Gasteiger partial charge in [0.25, 0.3) is 5.69 Å². The summed E-state index contributed by atoms with van der Waals surface area (Å²) in [6.07, 6.45) is 1.90. The molecule has 1 aromatic heterocycles. The number of carbonyl (C=O) groups is 1. The predicted molar refractivity (Wildman–Crippen MR) is 145 cm³/mol. The van der Waals surface area contributed by atoms with E-state index in [-0.39, 0.29) is 29.2 Å². The van der Waals surface area contributed by atoms with Gasteiger partial charge >= 0.3 is 6.18 Å². The number of halogens is 3. The van der Waals surface area contributed by atoms with Gasteiger partial charge in [0.1, 0.15) is 11.3 Å². The standard InChI is InChI=1S/C28H36F3N5O4/c1-27(2,3)16-26(37)35-12-10-34(11-13-35)21-15-23(18-32-17-21)40-22-7-4-19(5-8-22)33-20-6-9-25(36(38)39)24(14-20)28(29,30)31/h6,9,14-15,17-19,22,33H,4-5,7-8,10-13,16H2,1-3H3. The third-order valence-electron chi connectivity index (χ3n) is 7.22. The zero-order chi connectivity index (χ0) is 29.1. The van der Waals surface area contributed by atoms with E-state index in [1.165, 1.54) is 6.07 Å². The first-order valence-electron chi connectivity index (χ1n) is 13.5. The topological polar surface area (TPSA) is 101 Å². The lowest BCUT2D eigenvalue weighted by atomic mass is 9.91. The van der Waals surface area contributed by atoms with Crippen molar-refractivity contribution in [2.75, 3.05) is 36.4 Å². The summed E-state index contributed by atoms with van der Waals surface area (Å²) in [4.78, 5) is 31.0. The number of anilines is 2. The average molecular weight is 564 g/mol. The molecule has 1 amide bonds. The second kappa shape index (κ2) is 11.9. The van der Waals surface area contributed by atoms with E-state index < -0.39 is 22.4 Å². The van der Waals surface area contributed by atoms with Gasteiger partial charge < -0.3 is 19.9 Å². The van der Waals surface area contributed by atoms with Crippen LogP contribution in [-0.2, 0) is 11.0 Å². The van der Waals surface area contributed by atoms with Gasteiger partial charge in [-0.2, -0.15) is 13.2 Å². The van der Waals surface area contributed by atoms with E-state index in [0.717, 1.165) is 30.9 Å². The fraction of sp³-hybridized carbons (Fsp3) is 0.571. The van der Waals surface area contributed by atoms with Crippen molar-refractivity contribution in [1.82, 2.24) is 9.88 Å². The van der Waals surface area contributed by atoms with Crippen LogP contribution in [0.4, 0.5) is 30.2 Å². The van der Waals surface area contributed by atoms with E-state index in [1.807, 2.05) is 11.0 Å². The molecule has 4 rings (SSSR count). The molecule has 0 bridgehead atoms. The zero-order valence-electron chi connectivity index (χ0n) is 23.0. The number of amides is 1. The molecule has 9 nitrogen and oxygen atoms in total. The van der Waals surface area contributed by atoms with Crippen molar-refractivity contribution in [1.29, 1.82) is 0 Å². The van der Waals surface area contributed by atoms with Gasteiger partial charge in [-0.1, -0.05) is 20.8 Å². The van der Waals surface area contributed by atoms with Gasteiger partial charge in [0.2, 0.25) is 5.91 Å². The Bertz CT molecular complexity index is 1200. The van der Waals surface area contributed by atoms with Crippen molar-refractivity contribution >= 4 is 23.0 Å². The summed E-state index contributed by atoms with van der Waals surface area (Å²) in [5, 5.41) is 14.1. The fourth-order valence-corrected chi connectivity index (χ4v) is 5.19. The fourth-order valence-electron chi connectivity index (χ4n) is 5.19. The van der Waals surface area contributed by atoms with Crippen molar-refractivity contribution in [3.63, 3.8) is 0 Å². The number of hydrogen-bond acceptors (Lipinski definition) is 7. The van der Waals surface area contributed by atoms with Crippen LogP contribution in [0.5, 0.6) is 5.75 Å². The molecule has 1 aromatic carbocycles. The van der Waals surface area contributed by atoms with Gasteiger partial charge in [0.15, 0.2) is 0 Å². The Labute approximate surface area is 231 Å². The van der Waals surface area contributed by atoms with Crippen LogP contribution in [-0.4, -0.2) is 59.0 Å². The Morgan fingerprint density at radius 1 is 1.07 bits per heavy atom. The summed E-state index contributed by atoms with van der Waals surface area (Å²) in [7, 11) is 0. The van der Waals surface area contributed by atoms with Crippen LogP contribution in [0, 0.1) is 15.5 Å². The van der Waals surface area contributed by atoms with Gasteiger partial charge in [-0.3, -0.25) is 19.9 Å². The molecule has 1 saturated heterocycles. The lowest BCUT2D eigenvalue weighted by Gasteiger charge is -2.37. The number of piperazine rings is 1. The molecule has 0 atom stereocenters. The Kier molecular flexibility index (Phi) is 8.74. The highest BCUT2D eigenvalue weighted by molar-refractivity contribution is 5.77. The number of nitrogens with zero attached hydrogens (tertiary/aromatic N) is 4. The van der Waals surface area contributed by atoms with Gasteiger partial charge in [0, 0.05) is 56.5 Å². The summed E-state index contributed by atoms with van der Waals surface area (Å²) in [5.41, 5.74) is -1.11. The van der Waals surface area contributed by atoms with Crippen LogP contribution in [0.3, 0.4) is 0 Å². The highest BCUT2D eigenvalue weighted by atomic mass is 19.4. The number of ether oxygens (including phenoxy) is 1. The molecule has 2 aliphatic rings. The number of aromatic nitrogens is 1. The maximum atomic E-state index is 13.3. The molecule has 2 fully saturated rings. The van der Waals surface area contributed by atoms with E-state index in [9.17, 15) is 28.1 Å². The minimum atomic E-state index is -4.81. The van der Waals surface area contributed by atoms with Crippen LogP contribution in [0.15, 0.2) is 36.7 Å². The first-order chi connectivity index (χ1) is 18.8. The Morgan fingerprint density at radius 3 is 2.35 bits per heavy atom. The van der Waals surface area contributed by atoms with Gasteiger partial charge in [-0.05, 0) is 43.2 Å². The van der Waals surface area contributed by atoms with Crippen molar-refractivity contribution < 1.29 is 27.6 Å². The quantitative estimate of drug-likeness (QED) is 0.331. The minimum Gasteiger partial charge on any atom is -0.489 e. The number of alkyl halides is 3. The molecule has 1 aliphatic carbocycles. The number of nitro groups is 1. The van der Waals surface area contributed by atoms with E-state index in [2.05, 4.69) is 36.0 Å². The highest BCUT2D eigenvalue weighted by Crippen LogP contribution is 2.38. The number of pyridine rings is 1. The number of carbonyl (C=O) groups excluding carboxylic acids is 1. The molecule has 12 heteroatoms. The number of rotatable bonds is 7. The monoisotopic (exact) mass is 563 g/mol. The lowest BCUT2D eigenvalue weighted by Crippen LogP contribution is -2.49. The third-order valence-corrected chi connectivity index (χ3v) is 7.22. The van der Waals surface area contributed by atoms with Crippen molar-refractivity contribution in [2.45, 2.75) is 71.2 Å². The second-order valence-electron chi connectivity index (χ2n) is 11.7. The number of nitrogens with one attached hydrogen (secondary N) is 1. The molecule has 0 unspecified atom stereocenters. The maximum absolute atomic E-state index is 13.3. The minimum absolute atomic E-state index is 0.0413. The van der Waals surface area contributed by atoms with E-state index in [4.69, 9.17) is 4.74 Å². The van der Waals surface area contributed by atoms with Crippen LogP contribution >= 0.6 is 0 Å². The molecular weight excluding hydrogens is 527 g/mol. The Balaban J connectivity index is 1.28. The molecule has 2 heterocycles. The number of nitro benzene ring substituents is 1. The van der Waals surface area contributed by atoms with Crippen LogP contribution in [0.2, 0.25) is 0 Å². The summed E-state index contributed by atoms with van der Waals surface area (Å²) in [6, 6.07) is 4.90. The third kappa shape index (κ3) is 7.76. The molecule has 1 N–H and O–H groups in total. The van der Waals surface area contributed by atoms with Crippen molar-refractivity contribution in [3.8, 4) is 5.75 Å². The van der Waals surface area contributed by atoms with Gasteiger partial charge in [-0.25, -0.2) is 0 Å². The number of hydrogen-bond donors (Lipinski definition) is 1. The summed E-state index contributed by atoms with van der Waals surface area (Å²) in [5.74, 6) is 0.840. The molecule has 40 heavy (non-hydrogen) atoms. The molecule has 2 aromatic rings. The van der Waals surface area contributed by atoms with Crippen molar-refractivity contribution in [2.24, 2.45) is 5.41 Å². The van der Waals surface area contributed by atoms with E-state index >= 15 is 0 Å². The van der Waals surface area contributed by atoms with Crippen LogP contribution < -0.4 is 15.0 Å². The molecule has 0 radical (unpaired) electrons. The molecule has 1 aliphatic heterocycles. The maximum Gasteiger partial charge on any atom is 0.423 e. The zero-order valence-corrected chi connectivity index (χ0v) is 23.0.